The maximum atomic E-state index is 6.18. The predicted octanol–water partition coefficient (Wildman–Crippen LogP) is 1.75. The highest BCUT2D eigenvalue weighted by Crippen LogP contribution is 2.27. The summed E-state index contributed by atoms with van der Waals surface area (Å²) in [6.07, 6.45) is 2.72. The van der Waals surface area contributed by atoms with Gasteiger partial charge in [0.2, 0.25) is 0 Å². The third-order valence-corrected chi connectivity index (χ3v) is 3.63. The summed E-state index contributed by atoms with van der Waals surface area (Å²) in [5.41, 5.74) is 7.67. The van der Waals surface area contributed by atoms with E-state index in [-0.39, 0.29) is 0 Å². The van der Waals surface area contributed by atoms with E-state index in [1.165, 1.54) is 0 Å². The summed E-state index contributed by atoms with van der Waals surface area (Å²) in [6.45, 7) is 0. The lowest BCUT2D eigenvalue weighted by molar-refractivity contribution is 0.395. The van der Waals surface area contributed by atoms with E-state index in [1.807, 2.05) is 42.5 Å². The van der Waals surface area contributed by atoms with Crippen LogP contribution in [0.3, 0.4) is 0 Å². The minimum atomic E-state index is 0.640. The van der Waals surface area contributed by atoms with Gasteiger partial charge in [-0.3, -0.25) is 0 Å². The molecule has 2 aromatic carbocycles. The van der Waals surface area contributed by atoms with Crippen LogP contribution in [0.2, 0.25) is 0 Å². The number of para-hydroxylation sites is 1. The van der Waals surface area contributed by atoms with Crippen LogP contribution in [0.1, 0.15) is 6.42 Å². The van der Waals surface area contributed by atoms with Crippen molar-refractivity contribution in [2.24, 2.45) is 10.7 Å². The molecule has 0 fully saturated rings. The van der Waals surface area contributed by atoms with Crippen LogP contribution in [0.5, 0.6) is 11.5 Å². The van der Waals surface area contributed by atoms with Crippen molar-refractivity contribution < 1.29 is 9.47 Å². The second-order valence-corrected chi connectivity index (χ2v) is 5.18. The van der Waals surface area contributed by atoms with Crippen molar-refractivity contribution in [3.05, 3.63) is 64.6 Å². The molecule has 0 unspecified atom stereocenters. The van der Waals surface area contributed by atoms with E-state index in [0.29, 0.717) is 29.4 Å². The Balaban J connectivity index is 2.00. The third-order valence-electron chi connectivity index (χ3n) is 3.63. The van der Waals surface area contributed by atoms with Crippen LogP contribution in [0.15, 0.2) is 59.0 Å². The molecular weight excluding hydrogens is 290 g/mol. The Hall–Kier alpha value is -2.95. The molecule has 118 valence electrons. The van der Waals surface area contributed by atoms with Gasteiger partial charge in [0.05, 0.1) is 25.3 Å². The van der Waals surface area contributed by atoms with Gasteiger partial charge < -0.3 is 20.5 Å². The Morgan fingerprint density at radius 2 is 1.74 bits per heavy atom. The lowest BCUT2D eigenvalue weighted by Crippen LogP contribution is -2.23. The van der Waals surface area contributed by atoms with Gasteiger partial charge in [0, 0.05) is 30.3 Å². The summed E-state index contributed by atoms with van der Waals surface area (Å²) in [4.78, 5) is 4.66. The Kier molecular flexibility index (Phi) is 4.19. The van der Waals surface area contributed by atoms with E-state index in [9.17, 15) is 0 Å². The number of benzene rings is 2. The average molecular weight is 309 g/mol. The molecule has 23 heavy (non-hydrogen) atoms. The monoisotopic (exact) mass is 309 g/mol. The first-order valence-electron chi connectivity index (χ1n) is 7.32. The molecule has 2 aromatic rings. The van der Waals surface area contributed by atoms with E-state index in [1.54, 1.807) is 14.2 Å². The van der Waals surface area contributed by atoms with Crippen molar-refractivity contribution >= 4 is 11.8 Å². The first-order valence-corrected chi connectivity index (χ1v) is 7.32. The summed E-state index contributed by atoms with van der Waals surface area (Å²) in [7, 11) is 3.24. The van der Waals surface area contributed by atoms with Gasteiger partial charge in [-0.15, -0.1) is 0 Å². The number of allylic oxidation sites excluding steroid dienone is 1. The van der Waals surface area contributed by atoms with Gasteiger partial charge in [0.15, 0.2) is 0 Å². The lowest BCUT2D eigenvalue weighted by atomic mass is 10.2. The molecule has 1 heterocycles. The van der Waals surface area contributed by atoms with Crippen molar-refractivity contribution in [1.82, 2.24) is 0 Å². The van der Waals surface area contributed by atoms with Gasteiger partial charge in [-0.2, -0.15) is 0 Å². The minimum Gasteiger partial charge on any atom is -0.497 e. The van der Waals surface area contributed by atoms with Gasteiger partial charge in [-0.25, -0.2) is 4.99 Å². The van der Waals surface area contributed by atoms with Gasteiger partial charge >= 0.3 is 0 Å². The fraction of sp³-hybridized carbons (Fsp3) is 0.167. The van der Waals surface area contributed by atoms with Crippen LogP contribution in [-0.2, 0) is 0 Å². The van der Waals surface area contributed by atoms with E-state index in [0.717, 1.165) is 16.3 Å². The van der Waals surface area contributed by atoms with Gasteiger partial charge in [0.25, 0.3) is 0 Å². The van der Waals surface area contributed by atoms with Gasteiger partial charge in [-0.1, -0.05) is 24.3 Å². The number of anilines is 1. The molecule has 1 aliphatic heterocycles. The molecule has 1 aliphatic rings. The van der Waals surface area contributed by atoms with Gasteiger partial charge in [0.1, 0.15) is 17.3 Å². The number of fused-ring (bicyclic) bond motifs is 1. The highest BCUT2D eigenvalue weighted by atomic mass is 16.5. The molecule has 0 radical (unpaired) electrons. The Morgan fingerprint density at radius 3 is 2.43 bits per heavy atom. The number of methoxy groups -OCH3 is 2. The fourth-order valence-corrected chi connectivity index (χ4v) is 2.40. The van der Waals surface area contributed by atoms with Crippen molar-refractivity contribution in [2.75, 3.05) is 19.5 Å². The SMILES string of the molecule is COc1cc(NC2=C(N)CC=c3ccccc3=N2)cc(OC)c1. The zero-order chi connectivity index (χ0) is 16.2. The van der Waals surface area contributed by atoms with Crippen molar-refractivity contribution in [3.63, 3.8) is 0 Å². The largest absolute Gasteiger partial charge is 0.497 e. The molecule has 0 bridgehead atoms. The number of nitrogens with one attached hydrogen (secondary N) is 1. The van der Waals surface area contributed by atoms with Gasteiger partial charge in [-0.05, 0) is 11.3 Å². The van der Waals surface area contributed by atoms with E-state index in [4.69, 9.17) is 15.2 Å². The summed E-state index contributed by atoms with van der Waals surface area (Å²) < 4.78 is 10.6. The quantitative estimate of drug-likeness (QED) is 0.903. The first kappa shape index (κ1) is 15.0. The number of nitrogens with zero attached hydrogens (tertiary/aromatic N) is 1. The standard InChI is InChI=1S/C18H19N3O2/c1-22-14-9-13(10-15(11-14)23-2)20-18-16(19)8-7-12-5-3-4-6-17(12)21-18/h3-7,9-11,20H,8,19H2,1-2H3. The molecule has 3 rings (SSSR count). The zero-order valence-corrected chi connectivity index (χ0v) is 13.2. The summed E-state index contributed by atoms with van der Waals surface area (Å²) >= 11 is 0. The van der Waals surface area contributed by atoms with Crippen LogP contribution in [0, 0.1) is 0 Å². The highest BCUT2D eigenvalue weighted by Gasteiger charge is 2.08. The zero-order valence-electron chi connectivity index (χ0n) is 13.2. The summed E-state index contributed by atoms with van der Waals surface area (Å²) in [5, 5.41) is 5.24. The van der Waals surface area contributed by atoms with Crippen LogP contribution in [0.4, 0.5) is 5.69 Å². The van der Waals surface area contributed by atoms with Crippen LogP contribution in [-0.4, -0.2) is 14.2 Å². The maximum absolute atomic E-state index is 6.18. The maximum Gasteiger partial charge on any atom is 0.150 e. The normalized spacial score (nSPS) is 13.3. The second kappa shape index (κ2) is 6.44. The molecule has 0 spiro atoms. The molecule has 0 aromatic heterocycles. The topological polar surface area (TPSA) is 68.9 Å². The highest BCUT2D eigenvalue weighted by molar-refractivity contribution is 5.57. The molecule has 0 saturated heterocycles. The molecule has 0 amide bonds. The molecule has 5 heteroatoms. The van der Waals surface area contributed by atoms with E-state index in [2.05, 4.69) is 16.4 Å². The fourth-order valence-electron chi connectivity index (χ4n) is 2.40. The number of ether oxygens (including phenoxy) is 2. The minimum absolute atomic E-state index is 0.640. The number of rotatable bonds is 4. The number of nitrogens with two attached hydrogens (primary N) is 1. The van der Waals surface area contributed by atoms with Crippen LogP contribution < -0.4 is 31.1 Å². The Bertz CT molecular complexity index is 850. The molecule has 0 aliphatic carbocycles. The van der Waals surface area contributed by atoms with Crippen LogP contribution in [0.25, 0.3) is 6.08 Å². The lowest BCUT2D eigenvalue weighted by Gasteiger charge is -2.12. The summed E-state index contributed by atoms with van der Waals surface area (Å²) in [5.74, 6) is 2.04. The molecule has 0 saturated carbocycles. The number of hydrogen-bond acceptors (Lipinski definition) is 5. The average Bonchev–Trinajstić information content (AvgIpc) is 2.74. The van der Waals surface area contributed by atoms with Crippen LogP contribution >= 0.6 is 0 Å². The van der Waals surface area contributed by atoms with E-state index < -0.39 is 0 Å². The van der Waals surface area contributed by atoms with Crippen molar-refractivity contribution in [2.45, 2.75) is 6.42 Å². The first-order chi connectivity index (χ1) is 11.2. The second-order valence-electron chi connectivity index (χ2n) is 5.18. The van der Waals surface area contributed by atoms with E-state index >= 15 is 0 Å². The van der Waals surface area contributed by atoms with Crippen molar-refractivity contribution in [3.8, 4) is 11.5 Å². The van der Waals surface area contributed by atoms with Crippen molar-refractivity contribution in [1.29, 1.82) is 0 Å². The third kappa shape index (κ3) is 3.29. The molecule has 0 atom stereocenters. The Labute approximate surface area is 134 Å². The Morgan fingerprint density at radius 1 is 1.04 bits per heavy atom. The smallest absolute Gasteiger partial charge is 0.150 e. The number of hydrogen-bond donors (Lipinski definition) is 2. The molecule has 3 N–H and O–H groups in total. The molecule has 5 nitrogen and oxygen atoms in total. The summed E-state index contributed by atoms with van der Waals surface area (Å²) in [6, 6.07) is 13.5. The predicted molar refractivity (Wildman–Crippen MR) is 90.7 cm³/mol. The molecular formula is C18H19N3O2.